The van der Waals surface area contributed by atoms with Gasteiger partial charge in [-0.1, -0.05) is 19.8 Å². The molecule has 0 aromatic carbocycles. The highest BCUT2D eigenvalue weighted by Crippen LogP contribution is 2.27. The van der Waals surface area contributed by atoms with Crippen molar-refractivity contribution in [1.82, 2.24) is 5.32 Å². The van der Waals surface area contributed by atoms with Crippen LogP contribution in [0.4, 0.5) is 0 Å². The van der Waals surface area contributed by atoms with E-state index in [2.05, 4.69) is 12.2 Å². The first-order valence-electron chi connectivity index (χ1n) is 8.69. The molecule has 0 radical (unpaired) electrons. The molecular formula is C17H32N2O2. The average molecular weight is 296 g/mol. The zero-order valence-corrected chi connectivity index (χ0v) is 13.7. The van der Waals surface area contributed by atoms with Gasteiger partial charge in [-0.3, -0.25) is 4.79 Å². The molecule has 2 aliphatic rings. The van der Waals surface area contributed by atoms with Crippen LogP contribution in [0.25, 0.3) is 0 Å². The summed E-state index contributed by atoms with van der Waals surface area (Å²) >= 11 is 0. The highest BCUT2D eigenvalue weighted by atomic mass is 16.5. The van der Waals surface area contributed by atoms with Crippen LogP contribution >= 0.6 is 0 Å². The first-order chi connectivity index (χ1) is 9.99. The number of primary amides is 1. The first kappa shape index (κ1) is 16.8. The lowest BCUT2D eigenvalue weighted by atomic mass is 9.89. The van der Waals surface area contributed by atoms with Gasteiger partial charge < -0.3 is 15.8 Å². The van der Waals surface area contributed by atoms with Crippen molar-refractivity contribution in [1.29, 1.82) is 0 Å². The normalized spacial score (nSPS) is 29.0. The van der Waals surface area contributed by atoms with E-state index >= 15 is 0 Å². The van der Waals surface area contributed by atoms with E-state index in [0.717, 1.165) is 31.8 Å². The molecule has 0 aromatic rings. The van der Waals surface area contributed by atoms with E-state index in [1.807, 2.05) is 6.92 Å². The summed E-state index contributed by atoms with van der Waals surface area (Å²) < 4.78 is 5.99. The molecule has 0 saturated heterocycles. The van der Waals surface area contributed by atoms with E-state index in [0.29, 0.717) is 12.1 Å². The number of hydrogen-bond acceptors (Lipinski definition) is 3. The average Bonchev–Trinajstić information content (AvgIpc) is 3.22. The smallest absolute Gasteiger partial charge is 0.237 e. The Bertz CT molecular complexity index is 344. The number of hydrogen-bond donors (Lipinski definition) is 2. The van der Waals surface area contributed by atoms with Crippen LogP contribution in [0.15, 0.2) is 0 Å². The van der Waals surface area contributed by atoms with Gasteiger partial charge in [0.2, 0.25) is 5.91 Å². The molecule has 2 aliphatic carbocycles. The van der Waals surface area contributed by atoms with Gasteiger partial charge in [0.1, 0.15) is 0 Å². The quantitative estimate of drug-likeness (QED) is 0.643. The van der Waals surface area contributed by atoms with Crippen LogP contribution in [-0.4, -0.2) is 30.2 Å². The predicted octanol–water partition coefficient (Wildman–Crippen LogP) is 2.75. The molecule has 2 rings (SSSR count). The predicted molar refractivity (Wildman–Crippen MR) is 85.0 cm³/mol. The number of ether oxygens (including phenoxy) is 1. The molecule has 21 heavy (non-hydrogen) atoms. The summed E-state index contributed by atoms with van der Waals surface area (Å²) in [5.74, 6) is 0.584. The molecule has 4 heteroatoms. The lowest BCUT2D eigenvalue weighted by Crippen LogP contribution is -2.53. The van der Waals surface area contributed by atoms with E-state index in [1.165, 1.54) is 38.5 Å². The van der Waals surface area contributed by atoms with Gasteiger partial charge in [0.05, 0.1) is 11.6 Å². The van der Waals surface area contributed by atoms with Crippen molar-refractivity contribution in [3.05, 3.63) is 0 Å². The second-order valence-corrected chi connectivity index (χ2v) is 7.34. The maximum Gasteiger partial charge on any atom is 0.237 e. The first-order valence-corrected chi connectivity index (χ1v) is 8.69. The fourth-order valence-electron chi connectivity index (χ4n) is 3.31. The molecule has 122 valence electrons. The minimum Gasteiger partial charge on any atom is -0.378 e. The van der Waals surface area contributed by atoms with Gasteiger partial charge in [-0.05, 0) is 57.8 Å². The highest BCUT2D eigenvalue weighted by molar-refractivity contribution is 5.84. The number of carbonyl (C=O) groups is 1. The molecule has 0 aromatic heterocycles. The Balaban J connectivity index is 1.60. The third-order valence-electron chi connectivity index (χ3n) is 4.96. The fraction of sp³-hybridized carbons (Fsp3) is 0.941. The SMILES string of the molecule is CC1CCCC(OCCCCC(C)(NC2CC2)C(N)=O)C1. The summed E-state index contributed by atoms with van der Waals surface area (Å²) in [5.41, 5.74) is 5.02. The minimum atomic E-state index is -0.541. The molecule has 2 fully saturated rings. The third-order valence-corrected chi connectivity index (χ3v) is 4.96. The van der Waals surface area contributed by atoms with Crippen LogP contribution < -0.4 is 11.1 Å². The molecule has 1 amide bonds. The van der Waals surface area contributed by atoms with Gasteiger partial charge >= 0.3 is 0 Å². The molecule has 0 bridgehead atoms. The summed E-state index contributed by atoms with van der Waals surface area (Å²) in [6.45, 7) is 5.07. The van der Waals surface area contributed by atoms with E-state index in [4.69, 9.17) is 10.5 Å². The molecule has 2 saturated carbocycles. The fourth-order valence-corrected chi connectivity index (χ4v) is 3.31. The Kier molecular flexibility index (Phi) is 6.06. The van der Waals surface area contributed by atoms with E-state index in [1.54, 1.807) is 0 Å². The molecule has 0 heterocycles. The van der Waals surface area contributed by atoms with Crippen LogP contribution in [0.5, 0.6) is 0 Å². The van der Waals surface area contributed by atoms with Crippen LogP contribution in [-0.2, 0) is 9.53 Å². The lowest BCUT2D eigenvalue weighted by Gasteiger charge is -2.28. The standard InChI is InChI=1S/C17H32N2O2/c1-13-6-5-7-15(12-13)21-11-4-3-10-17(2,16(18)20)19-14-8-9-14/h13-15,19H,3-12H2,1-2H3,(H2,18,20). The van der Waals surface area contributed by atoms with Crippen molar-refractivity contribution >= 4 is 5.91 Å². The summed E-state index contributed by atoms with van der Waals surface area (Å²) in [6, 6.07) is 0.502. The van der Waals surface area contributed by atoms with Gasteiger partial charge in [0.25, 0.3) is 0 Å². The number of carbonyl (C=O) groups excluding carboxylic acids is 1. The van der Waals surface area contributed by atoms with Crippen LogP contribution in [0.1, 0.15) is 71.6 Å². The number of rotatable bonds is 9. The zero-order valence-electron chi connectivity index (χ0n) is 13.7. The van der Waals surface area contributed by atoms with Crippen molar-refractivity contribution < 1.29 is 9.53 Å². The number of unbranched alkanes of at least 4 members (excludes halogenated alkanes) is 1. The van der Waals surface area contributed by atoms with Crippen molar-refractivity contribution in [2.75, 3.05) is 6.61 Å². The van der Waals surface area contributed by atoms with Gasteiger partial charge in [0, 0.05) is 12.6 Å². The maximum atomic E-state index is 11.7. The van der Waals surface area contributed by atoms with Gasteiger partial charge in [-0.25, -0.2) is 0 Å². The van der Waals surface area contributed by atoms with Crippen molar-refractivity contribution in [2.45, 2.75) is 89.3 Å². The largest absolute Gasteiger partial charge is 0.378 e. The zero-order chi connectivity index (χ0) is 15.3. The Morgan fingerprint density at radius 3 is 2.67 bits per heavy atom. The van der Waals surface area contributed by atoms with Gasteiger partial charge in [-0.2, -0.15) is 0 Å². The second-order valence-electron chi connectivity index (χ2n) is 7.34. The molecule has 3 atom stereocenters. The Labute approximate surface area is 129 Å². The summed E-state index contributed by atoms with van der Waals surface area (Å²) in [5, 5.41) is 3.40. The summed E-state index contributed by atoms with van der Waals surface area (Å²) in [4.78, 5) is 11.7. The van der Waals surface area contributed by atoms with E-state index < -0.39 is 5.54 Å². The van der Waals surface area contributed by atoms with Gasteiger partial charge in [0.15, 0.2) is 0 Å². The molecule has 0 aliphatic heterocycles. The summed E-state index contributed by atoms with van der Waals surface area (Å²) in [6.07, 6.45) is 10.7. The second kappa shape index (κ2) is 7.59. The maximum absolute atomic E-state index is 11.7. The topological polar surface area (TPSA) is 64.3 Å². The van der Waals surface area contributed by atoms with Crippen LogP contribution in [0.2, 0.25) is 0 Å². The molecule has 4 nitrogen and oxygen atoms in total. The number of amides is 1. The molecule has 3 N–H and O–H groups in total. The Morgan fingerprint density at radius 2 is 2.05 bits per heavy atom. The van der Waals surface area contributed by atoms with Crippen molar-refractivity contribution in [2.24, 2.45) is 11.7 Å². The number of nitrogens with one attached hydrogen (secondary N) is 1. The van der Waals surface area contributed by atoms with Crippen LogP contribution in [0, 0.1) is 5.92 Å². The van der Waals surface area contributed by atoms with Crippen molar-refractivity contribution in [3.63, 3.8) is 0 Å². The molecular weight excluding hydrogens is 264 g/mol. The molecule has 3 unspecified atom stereocenters. The van der Waals surface area contributed by atoms with Crippen LogP contribution in [0.3, 0.4) is 0 Å². The third kappa shape index (κ3) is 5.59. The Morgan fingerprint density at radius 1 is 1.29 bits per heavy atom. The Hall–Kier alpha value is -0.610. The summed E-state index contributed by atoms with van der Waals surface area (Å²) in [7, 11) is 0. The van der Waals surface area contributed by atoms with Gasteiger partial charge in [-0.15, -0.1) is 0 Å². The highest BCUT2D eigenvalue weighted by Gasteiger charge is 2.36. The van der Waals surface area contributed by atoms with E-state index in [-0.39, 0.29) is 5.91 Å². The minimum absolute atomic E-state index is 0.226. The lowest BCUT2D eigenvalue weighted by molar-refractivity contribution is -0.124. The molecule has 0 spiro atoms. The van der Waals surface area contributed by atoms with Crippen molar-refractivity contribution in [3.8, 4) is 0 Å². The van der Waals surface area contributed by atoms with E-state index in [9.17, 15) is 4.79 Å². The monoisotopic (exact) mass is 296 g/mol. The number of nitrogens with two attached hydrogens (primary N) is 1.